The number of methoxy groups -OCH3 is 2. The van der Waals surface area contributed by atoms with Gasteiger partial charge in [0.2, 0.25) is 0 Å². The van der Waals surface area contributed by atoms with Crippen LogP contribution in [-0.2, 0) is 10.3 Å². The molecule has 3 nitrogen and oxygen atoms in total. The molecule has 0 saturated carbocycles. The molecule has 1 N–H and O–H groups in total. The van der Waals surface area contributed by atoms with E-state index in [2.05, 4.69) is 0 Å². The van der Waals surface area contributed by atoms with Gasteiger partial charge >= 0.3 is 0 Å². The summed E-state index contributed by atoms with van der Waals surface area (Å²) in [5.74, 6) is 0.820. The second-order valence-corrected chi connectivity index (χ2v) is 4.53. The van der Waals surface area contributed by atoms with Crippen LogP contribution in [0, 0.1) is 5.92 Å². The molecule has 0 aromatic heterocycles. The number of para-hydroxylation sites is 1. The third-order valence-electron chi connectivity index (χ3n) is 3.37. The molecule has 0 aliphatic heterocycles. The quantitative estimate of drug-likeness (QED) is 0.828. The van der Waals surface area contributed by atoms with Crippen molar-refractivity contribution in [2.75, 3.05) is 20.8 Å². The highest BCUT2D eigenvalue weighted by molar-refractivity contribution is 5.37. The summed E-state index contributed by atoms with van der Waals surface area (Å²) >= 11 is 0. The normalized spacial score (nSPS) is 16.3. The third kappa shape index (κ3) is 3.20. The number of hydrogen-bond donors (Lipinski definition) is 1. The third-order valence-corrected chi connectivity index (χ3v) is 3.37. The minimum absolute atomic E-state index is 0.0961. The van der Waals surface area contributed by atoms with Crippen LogP contribution in [0.4, 0.5) is 0 Å². The van der Waals surface area contributed by atoms with Crippen molar-refractivity contribution in [2.24, 2.45) is 5.92 Å². The molecule has 0 bridgehead atoms. The van der Waals surface area contributed by atoms with Crippen molar-refractivity contribution in [3.8, 4) is 5.75 Å². The van der Waals surface area contributed by atoms with Gasteiger partial charge in [-0.15, -0.1) is 0 Å². The number of hydrogen-bond acceptors (Lipinski definition) is 3. The van der Waals surface area contributed by atoms with E-state index in [1.807, 2.05) is 38.1 Å². The summed E-state index contributed by atoms with van der Waals surface area (Å²) in [7, 11) is 3.29. The molecule has 96 valence electrons. The standard InChI is InChI=1S/C14H22O3/c1-11(9-10-16-3)14(2,15)12-7-5-6-8-13(12)17-4/h5-8,11,15H,9-10H2,1-4H3. The maximum atomic E-state index is 10.7. The molecule has 17 heavy (non-hydrogen) atoms. The van der Waals surface area contributed by atoms with Crippen LogP contribution in [-0.4, -0.2) is 25.9 Å². The van der Waals surface area contributed by atoms with Gasteiger partial charge in [0.25, 0.3) is 0 Å². The monoisotopic (exact) mass is 238 g/mol. The van der Waals surface area contributed by atoms with E-state index in [1.54, 1.807) is 14.2 Å². The van der Waals surface area contributed by atoms with Gasteiger partial charge in [0.15, 0.2) is 0 Å². The Kier molecular flexibility index (Phi) is 4.97. The first-order valence-electron chi connectivity index (χ1n) is 5.88. The zero-order chi connectivity index (χ0) is 12.9. The molecule has 0 heterocycles. The van der Waals surface area contributed by atoms with E-state index in [-0.39, 0.29) is 5.92 Å². The van der Waals surface area contributed by atoms with Crippen LogP contribution in [0.5, 0.6) is 5.75 Å². The molecule has 0 aliphatic rings. The van der Waals surface area contributed by atoms with E-state index in [4.69, 9.17) is 9.47 Å². The molecular formula is C14H22O3. The molecule has 3 heteroatoms. The van der Waals surface area contributed by atoms with Crippen LogP contribution in [0.2, 0.25) is 0 Å². The molecule has 0 spiro atoms. The molecule has 1 aromatic carbocycles. The smallest absolute Gasteiger partial charge is 0.124 e. The summed E-state index contributed by atoms with van der Waals surface area (Å²) in [6.45, 7) is 4.49. The molecule has 1 aromatic rings. The molecular weight excluding hydrogens is 216 g/mol. The maximum absolute atomic E-state index is 10.7. The van der Waals surface area contributed by atoms with Gasteiger partial charge < -0.3 is 14.6 Å². The number of rotatable bonds is 6. The van der Waals surface area contributed by atoms with E-state index >= 15 is 0 Å². The van der Waals surface area contributed by atoms with Crippen molar-refractivity contribution < 1.29 is 14.6 Å². The van der Waals surface area contributed by atoms with Crippen molar-refractivity contribution in [1.29, 1.82) is 0 Å². The van der Waals surface area contributed by atoms with Gasteiger partial charge in [0, 0.05) is 19.3 Å². The second kappa shape index (κ2) is 6.03. The Morgan fingerprint density at radius 3 is 2.53 bits per heavy atom. The Balaban J connectivity index is 2.94. The van der Waals surface area contributed by atoms with E-state index in [9.17, 15) is 5.11 Å². The minimum atomic E-state index is -0.912. The van der Waals surface area contributed by atoms with Crippen molar-refractivity contribution in [1.82, 2.24) is 0 Å². The van der Waals surface area contributed by atoms with Crippen LogP contribution in [0.15, 0.2) is 24.3 Å². The molecule has 2 atom stereocenters. The number of ether oxygens (including phenoxy) is 2. The van der Waals surface area contributed by atoms with Crippen LogP contribution in [0.25, 0.3) is 0 Å². The van der Waals surface area contributed by atoms with Crippen LogP contribution in [0.1, 0.15) is 25.8 Å². The lowest BCUT2D eigenvalue weighted by molar-refractivity contribution is -0.0124. The highest BCUT2D eigenvalue weighted by atomic mass is 16.5. The summed E-state index contributed by atoms with van der Waals surface area (Å²) in [4.78, 5) is 0. The van der Waals surface area contributed by atoms with Gasteiger partial charge in [-0.25, -0.2) is 0 Å². The average molecular weight is 238 g/mol. The Bertz CT molecular complexity index is 347. The van der Waals surface area contributed by atoms with Gasteiger partial charge in [-0.2, -0.15) is 0 Å². The first-order chi connectivity index (χ1) is 8.04. The number of benzene rings is 1. The lowest BCUT2D eigenvalue weighted by Gasteiger charge is -2.32. The van der Waals surface area contributed by atoms with E-state index in [0.717, 1.165) is 17.7 Å². The lowest BCUT2D eigenvalue weighted by Crippen LogP contribution is -2.31. The molecule has 0 aliphatic carbocycles. The average Bonchev–Trinajstić information content (AvgIpc) is 2.35. The fraction of sp³-hybridized carbons (Fsp3) is 0.571. The van der Waals surface area contributed by atoms with Crippen LogP contribution < -0.4 is 4.74 Å². The van der Waals surface area contributed by atoms with Crippen LogP contribution in [0.3, 0.4) is 0 Å². The minimum Gasteiger partial charge on any atom is -0.496 e. The molecule has 1 rings (SSSR count). The molecule has 0 saturated heterocycles. The first-order valence-corrected chi connectivity index (χ1v) is 5.88. The summed E-state index contributed by atoms with van der Waals surface area (Å²) in [6.07, 6.45) is 0.807. The van der Waals surface area contributed by atoms with Gasteiger partial charge in [-0.3, -0.25) is 0 Å². The molecule has 2 unspecified atom stereocenters. The second-order valence-electron chi connectivity index (χ2n) is 4.53. The van der Waals surface area contributed by atoms with Crippen molar-refractivity contribution >= 4 is 0 Å². The van der Waals surface area contributed by atoms with E-state index in [0.29, 0.717) is 6.61 Å². The Labute approximate surface area is 103 Å². The molecule has 0 fully saturated rings. The van der Waals surface area contributed by atoms with E-state index in [1.165, 1.54) is 0 Å². The van der Waals surface area contributed by atoms with Gasteiger partial charge in [-0.05, 0) is 25.3 Å². The van der Waals surface area contributed by atoms with Crippen molar-refractivity contribution in [3.05, 3.63) is 29.8 Å². The summed E-state index contributed by atoms with van der Waals surface area (Å²) in [6, 6.07) is 7.59. The largest absolute Gasteiger partial charge is 0.496 e. The molecule has 0 amide bonds. The van der Waals surface area contributed by atoms with Crippen LogP contribution >= 0.6 is 0 Å². The Morgan fingerprint density at radius 1 is 1.29 bits per heavy atom. The summed E-state index contributed by atoms with van der Waals surface area (Å²) in [5.41, 5.74) is -0.0865. The fourth-order valence-corrected chi connectivity index (χ4v) is 1.90. The van der Waals surface area contributed by atoms with Gasteiger partial charge in [-0.1, -0.05) is 25.1 Å². The topological polar surface area (TPSA) is 38.7 Å². The molecule has 0 radical (unpaired) electrons. The van der Waals surface area contributed by atoms with E-state index < -0.39 is 5.60 Å². The Morgan fingerprint density at radius 2 is 1.94 bits per heavy atom. The summed E-state index contributed by atoms with van der Waals surface area (Å²) in [5, 5.41) is 10.7. The highest BCUT2D eigenvalue weighted by Gasteiger charge is 2.32. The first kappa shape index (κ1) is 14.0. The van der Waals surface area contributed by atoms with Crippen molar-refractivity contribution in [2.45, 2.75) is 25.9 Å². The maximum Gasteiger partial charge on any atom is 0.124 e. The highest BCUT2D eigenvalue weighted by Crippen LogP contribution is 2.36. The lowest BCUT2D eigenvalue weighted by atomic mass is 9.82. The SMILES string of the molecule is COCCC(C)C(C)(O)c1ccccc1OC. The zero-order valence-electron chi connectivity index (χ0n) is 11.1. The van der Waals surface area contributed by atoms with Crippen molar-refractivity contribution in [3.63, 3.8) is 0 Å². The zero-order valence-corrected chi connectivity index (χ0v) is 11.1. The Hall–Kier alpha value is -1.06. The predicted octanol–water partition coefficient (Wildman–Crippen LogP) is 2.58. The summed E-state index contributed by atoms with van der Waals surface area (Å²) < 4.78 is 10.4. The fourth-order valence-electron chi connectivity index (χ4n) is 1.90. The van der Waals surface area contributed by atoms with Gasteiger partial charge in [0.05, 0.1) is 12.7 Å². The van der Waals surface area contributed by atoms with Gasteiger partial charge in [0.1, 0.15) is 5.75 Å². The predicted molar refractivity (Wildman–Crippen MR) is 68.2 cm³/mol. The number of aliphatic hydroxyl groups is 1.